The van der Waals surface area contributed by atoms with Gasteiger partial charge >= 0.3 is 0 Å². The number of rotatable bonds is 5. The molecule has 0 fully saturated rings. The molecule has 4 aromatic rings. The molecule has 1 aliphatic heterocycles. The fourth-order valence-corrected chi connectivity index (χ4v) is 5.59. The molecule has 2 heterocycles. The first-order valence-electron chi connectivity index (χ1n) is 10.2. The molecular formula is C24H17FN4O3S2. The molecule has 0 aliphatic carbocycles. The Balaban J connectivity index is 1.50. The molecule has 0 amide bonds. The molecule has 0 saturated heterocycles. The van der Waals surface area contributed by atoms with Gasteiger partial charge in [0.1, 0.15) is 24.2 Å². The summed E-state index contributed by atoms with van der Waals surface area (Å²) in [5, 5.41) is 11.8. The molecule has 1 aliphatic rings. The van der Waals surface area contributed by atoms with Crippen LogP contribution in [0.1, 0.15) is 5.56 Å². The van der Waals surface area contributed by atoms with Gasteiger partial charge in [0, 0.05) is 23.2 Å². The highest BCUT2D eigenvalue weighted by Crippen LogP contribution is 2.40. The van der Waals surface area contributed by atoms with Gasteiger partial charge in [0.2, 0.25) is 0 Å². The van der Waals surface area contributed by atoms with Crippen LogP contribution >= 0.6 is 11.3 Å². The Morgan fingerprint density at radius 3 is 2.71 bits per heavy atom. The summed E-state index contributed by atoms with van der Waals surface area (Å²) in [7, 11) is -3.84. The molecule has 0 unspecified atom stereocenters. The highest BCUT2D eigenvalue weighted by atomic mass is 32.2. The second-order valence-electron chi connectivity index (χ2n) is 7.40. The molecule has 34 heavy (non-hydrogen) atoms. The number of nitrogens with one attached hydrogen (secondary N) is 1. The predicted molar refractivity (Wildman–Crippen MR) is 128 cm³/mol. The fourth-order valence-electron chi connectivity index (χ4n) is 3.79. The van der Waals surface area contributed by atoms with E-state index in [9.17, 15) is 18.1 Å². The monoisotopic (exact) mass is 492 g/mol. The maximum absolute atomic E-state index is 14.2. The maximum atomic E-state index is 14.2. The highest BCUT2D eigenvalue weighted by Gasteiger charge is 2.25. The van der Waals surface area contributed by atoms with Crippen LogP contribution in [0, 0.1) is 17.1 Å². The standard InChI is InChI=1S/C24H17FN4O3S2/c25-20-4-2-1-3-19(20)16-5-7-21(17(13-16)15-26)29-10-11-32-23-14-18(6-8-22(23)29)34(30,31)28-24-27-9-12-33-24/h1-9,12-14H,10-11H2,(H,27,28). The van der Waals surface area contributed by atoms with Gasteiger partial charge in [-0.15, -0.1) is 11.3 Å². The molecule has 1 aromatic heterocycles. The summed E-state index contributed by atoms with van der Waals surface area (Å²) in [5.41, 5.74) is 2.64. The zero-order valence-corrected chi connectivity index (χ0v) is 19.2. The minimum atomic E-state index is -3.84. The summed E-state index contributed by atoms with van der Waals surface area (Å²) in [6.07, 6.45) is 1.51. The van der Waals surface area contributed by atoms with Crippen LogP contribution in [0.2, 0.25) is 0 Å². The minimum Gasteiger partial charge on any atom is -0.489 e. The van der Waals surface area contributed by atoms with Crippen molar-refractivity contribution < 1.29 is 17.5 Å². The van der Waals surface area contributed by atoms with Gasteiger partial charge < -0.3 is 9.64 Å². The number of hydrogen-bond donors (Lipinski definition) is 1. The summed E-state index contributed by atoms with van der Waals surface area (Å²) >= 11 is 1.18. The number of benzene rings is 3. The highest BCUT2D eigenvalue weighted by molar-refractivity contribution is 7.93. The Hall–Kier alpha value is -3.94. The van der Waals surface area contributed by atoms with E-state index >= 15 is 0 Å². The molecule has 0 saturated carbocycles. The first kappa shape index (κ1) is 21.9. The zero-order chi connectivity index (χ0) is 23.7. The molecule has 0 radical (unpaired) electrons. The van der Waals surface area contributed by atoms with Crippen LogP contribution in [0.25, 0.3) is 11.1 Å². The van der Waals surface area contributed by atoms with E-state index in [1.807, 2.05) is 4.90 Å². The minimum absolute atomic E-state index is 0.0405. The summed E-state index contributed by atoms with van der Waals surface area (Å²) in [5.74, 6) is 0.0197. The van der Waals surface area contributed by atoms with Gasteiger partial charge in [-0.05, 0) is 35.9 Å². The van der Waals surface area contributed by atoms with Gasteiger partial charge in [-0.3, -0.25) is 4.72 Å². The van der Waals surface area contributed by atoms with Gasteiger partial charge in [-0.1, -0.05) is 24.3 Å². The Morgan fingerprint density at radius 2 is 1.94 bits per heavy atom. The number of aromatic nitrogens is 1. The topological polar surface area (TPSA) is 95.3 Å². The fraction of sp³-hybridized carbons (Fsp3) is 0.0833. The Labute approximate surface area is 199 Å². The second-order valence-corrected chi connectivity index (χ2v) is 9.97. The van der Waals surface area contributed by atoms with Crippen LogP contribution in [0.5, 0.6) is 5.75 Å². The number of nitriles is 1. The van der Waals surface area contributed by atoms with Crippen molar-refractivity contribution in [2.45, 2.75) is 4.90 Å². The summed E-state index contributed by atoms with van der Waals surface area (Å²) < 4.78 is 47.9. The second kappa shape index (κ2) is 8.78. The van der Waals surface area contributed by atoms with E-state index in [1.54, 1.807) is 47.8 Å². The summed E-state index contributed by atoms with van der Waals surface area (Å²) in [6.45, 7) is 0.764. The zero-order valence-electron chi connectivity index (χ0n) is 17.6. The lowest BCUT2D eigenvalue weighted by molar-refractivity contribution is 0.313. The van der Waals surface area contributed by atoms with Gasteiger partial charge in [0.05, 0.1) is 28.4 Å². The van der Waals surface area contributed by atoms with Crippen molar-refractivity contribution in [3.63, 3.8) is 0 Å². The molecule has 5 rings (SSSR count). The number of nitrogens with zero attached hydrogens (tertiary/aromatic N) is 3. The quantitative estimate of drug-likeness (QED) is 0.414. The lowest BCUT2D eigenvalue weighted by Gasteiger charge is -2.32. The van der Waals surface area contributed by atoms with Crippen molar-refractivity contribution in [2.75, 3.05) is 22.8 Å². The van der Waals surface area contributed by atoms with E-state index < -0.39 is 10.0 Å². The van der Waals surface area contributed by atoms with Crippen molar-refractivity contribution in [3.05, 3.63) is 83.6 Å². The van der Waals surface area contributed by atoms with Crippen LogP contribution in [0.3, 0.4) is 0 Å². The van der Waals surface area contributed by atoms with Crippen molar-refractivity contribution in [1.29, 1.82) is 5.26 Å². The van der Waals surface area contributed by atoms with Crippen LogP contribution in [0.15, 0.2) is 77.1 Å². The number of halogens is 1. The Kier molecular flexibility index (Phi) is 5.65. The third-order valence-corrected chi connectivity index (χ3v) is 7.51. The van der Waals surface area contributed by atoms with E-state index in [1.165, 1.54) is 35.7 Å². The molecular weight excluding hydrogens is 475 g/mol. The Bertz CT molecular complexity index is 1520. The largest absolute Gasteiger partial charge is 0.489 e. The van der Waals surface area contributed by atoms with Gasteiger partial charge in [-0.2, -0.15) is 5.26 Å². The van der Waals surface area contributed by atoms with Crippen LogP contribution in [-0.2, 0) is 10.0 Å². The molecule has 7 nitrogen and oxygen atoms in total. The van der Waals surface area contributed by atoms with E-state index in [0.29, 0.717) is 47.0 Å². The normalized spacial score (nSPS) is 13.0. The van der Waals surface area contributed by atoms with Crippen LogP contribution < -0.4 is 14.4 Å². The third-order valence-electron chi connectivity index (χ3n) is 5.35. The molecule has 0 spiro atoms. The summed E-state index contributed by atoms with van der Waals surface area (Å²) in [6, 6.07) is 18.4. The Morgan fingerprint density at radius 1 is 1.12 bits per heavy atom. The molecule has 10 heteroatoms. The number of hydrogen-bond acceptors (Lipinski definition) is 7. The van der Waals surface area contributed by atoms with Crippen LogP contribution in [-0.4, -0.2) is 26.6 Å². The number of sulfonamides is 1. The van der Waals surface area contributed by atoms with Crippen LogP contribution in [0.4, 0.5) is 20.9 Å². The smallest absolute Gasteiger partial charge is 0.263 e. The number of anilines is 3. The average Bonchev–Trinajstić information content (AvgIpc) is 3.35. The van der Waals surface area contributed by atoms with Gasteiger partial charge in [0.15, 0.2) is 5.13 Å². The third kappa shape index (κ3) is 4.07. The van der Waals surface area contributed by atoms with Crippen molar-refractivity contribution >= 4 is 37.9 Å². The van der Waals surface area contributed by atoms with E-state index in [0.717, 1.165) is 0 Å². The lowest BCUT2D eigenvalue weighted by Crippen LogP contribution is -2.29. The van der Waals surface area contributed by atoms with E-state index in [-0.39, 0.29) is 15.8 Å². The predicted octanol–water partition coefficient (Wildman–Crippen LogP) is 5.15. The summed E-state index contributed by atoms with van der Waals surface area (Å²) in [4.78, 5) is 5.89. The maximum Gasteiger partial charge on any atom is 0.263 e. The van der Waals surface area contributed by atoms with Gasteiger partial charge in [-0.25, -0.2) is 17.8 Å². The number of thiazole rings is 1. The van der Waals surface area contributed by atoms with E-state index in [4.69, 9.17) is 4.74 Å². The first-order chi connectivity index (χ1) is 16.5. The molecule has 1 N–H and O–H groups in total. The average molecular weight is 493 g/mol. The van der Waals surface area contributed by atoms with Crippen molar-refractivity contribution in [2.24, 2.45) is 0 Å². The van der Waals surface area contributed by atoms with Crippen molar-refractivity contribution in [1.82, 2.24) is 4.98 Å². The SMILES string of the molecule is N#Cc1cc(-c2ccccc2F)ccc1N1CCOc2cc(S(=O)(=O)Nc3nccs3)ccc21. The van der Waals surface area contributed by atoms with Crippen molar-refractivity contribution in [3.8, 4) is 22.9 Å². The van der Waals surface area contributed by atoms with Gasteiger partial charge in [0.25, 0.3) is 10.0 Å². The molecule has 170 valence electrons. The molecule has 3 aromatic carbocycles. The first-order valence-corrected chi connectivity index (χ1v) is 12.6. The lowest BCUT2D eigenvalue weighted by atomic mass is 10.0. The number of fused-ring (bicyclic) bond motifs is 1. The van der Waals surface area contributed by atoms with E-state index in [2.05, 4.69) is 15.8 Å². The number of ether oxygens (including phenoxy) is 1. The molecule has 0 bridgehead atoms. The molecule has 0 atom stereocenters.